The fourth-order valence-corrected chi connectivity index (χ4v) is 3.91. The van der Waals surface area contributed by atoms with E-state index in [-0.39, 0.29) is 11.4 Å². The van der Waals surface area contributed by atoms with Crippen molar-refractivity contribution in [1.29, 1.82) is 0 Å². The topological polar surface area (TPSA) is 54.5 Å². The standard InChI is InChI=1S/C22H27N3O2/c26-21(25(20-8-9-20)16-18-5-4-12-23-15-18)24-17-22(10-13-27-14-11-22)19-6-2-1-3-7-19/h1-7,12,15,20H,8-11,13-14,16-17H2,(H,24,26). The molecule has 2 amide bonds. The molecule has 1 saturated heterocycles. The summed E-state index contributed by atoms with van der Waals surface area (Å²) >= 11 is 0. The number of carbonyl (C=O) groups excluding carboxylic acids is 1. The van der Waals surface area contributed by atoms with Gasteiger partial charge in [0.15, 0.2) is 0 Å². The summed E-state index contributed by atoms with van der Waals surface area (Å²) in [7, 11) is 0. The molecule has 5 nitrogen and oxygen atoms in total. The molecule has 1 aliphatic carbocycles. The van der Waals surface area contributed by atoms with E-state index in [0.29, 0.717) is 19.1 Å². The Morgan fingerprint density at radius 3 is 2.59 bits per heavy atom. The number of rotatable bonds is 6. The fraction of sp³-hybridized carbons (Fsp3) is 0.455. The van der Waals surface area contributed by atoms with Gasteiger partial charge < -0.3 is 15.0 Å². The highest BCUT2D eigenvalue weighted by molar-refractivity contribution is 5.75. The van der Waals surface area contributed by atoms with E-state index < -0.39 is 0 Å². The van der Waals surface area contributed by atoms with Crippen LogP contribution in [0.1, 0.15) is 36.8 Å². The van der Waals surface area contributed by atoms with Gasteiger partial charge >= 0.3 is 6.03 Å². The van der Waals surface area contributed by atoms with Gasteiger partial charge in [0.05, 0.1) is 0 Å². The normalized spacial score (nSPS) is 18.7. The first-order valence-electron chi connectivity index (χ1n) is 9.83. The lowest BCUT2D eigenvalue weighted by atomic mass is 9.74. The molecule has 4 rings (SSSR count). The molecule has 142 valence electrons. The molecule has 0 spiro atoms. The molecule has 1 aliphatic heterocycles. The van der Waals surface area contributed by atoms with E-state index in [4.69, 9.17) is 4.74 Å². The van der Waals surface area contributed by atoms with E-state index in [1.165, 1.54) is 5.56 Å². The Labute approximate surface area is 160 Å². The van der Waals surface area contributed by atoms with Crippen LogP contribution in [0.3, 0.4) is 0 Å². The maximum Gasteiger partial charge on any atom is 0.317 e. The van der Waals surface area contributed by atoms with Gasteiger partial charge in [-0.15, -0.1) is 0 Å². The van der Waals surface area contributed by atoms with Crippen molar-refractivity contribution in [2.75, 3.05) is 19.8 Å². The zero-order chi connectivity index (χ0) is 18.5. The molecule has 1 N–H and O–H groups in total. The minimum atomic E-state index is -0.0430. The molecule has 5 heteroatoms. The van der Waals surface area contributed by atoms with Gasteiger partial charge in [0.1, 0.15) is 0 Å². The number of pyridine rings is 1. The quantitative estimate of drug-likeness (QED) is 0.852. The van der Waals surface area contributed by atoms with Crippen LogP contribution in [0.15, 0.2) is 54.9 Å². The van der Waals surface area contributed by atoms with E-state index in [1.54, 1.807) is 6.20 Å². The molecule has 27 heavy (non-hydrogen) atoms. The largest absolute Gasteiger partial charge is 0.381 e. The maximum atomic E-state index is 13.0. The molecule has 1 aromatic heterocycles. The van der Waals surface area contributed by atoms with Crippen molar-refractivity contribution in [2.24, 2.45) is 0 Å². The third-order valence-corrected chi connectivity index (χ3v) is 5.74. The van der Waals surface area contributed by atoms with Gasteiger partial charge in [-0.1, -0.05) is 36.4 Å². The van der Waals surface area contributed by atoms with Crippen LogP contribution in [0.25, 0.3) is 0 Å². The monoisotopic (exact) mass is 365 g/mol. The summed E-state index contributed by atoms with van der Waals surface area (Å²) in [5.41, 5.74) is 2.32. The van der Waals surface area contributed by atoms with Crippen molar-refractivity contribution in [3.05, 3.63) is 66.0 Å². The van der Waals surface area contributed by atoms with Crippen LogP contribution < -0.4 is 5.32 Å². The first kappa shape index (κ1) is 18.0. The van der Waals surface area contributed by atoms with Crippen molar-refractivity contribution in [3.63, 3.8) is 0 Å². The Morgan fingerprint density at radius 1 is 1.15 bits per heavy atom. The SMILES string of the molecule is O=C(NCC1(c2ccccc2)CCOCC1)N(Cc1cccnc1)C1CC1. The number of nitrogens with one attached hydrogen (secondary N) is 1. The minimum absolute atomic E-state index is 0.0307. The molecule has 0 unspecified atom stereocenters. The average molecular weight is 365 g/mol. The highest BCUT2D eigenvalue weighted by atomic mass is 16.5. The van der Waals surface area contributed by atoms with Crippen LogP contribution in [0.2, 0.25) is 0 Å². The van der Waals surface area contributed by atoms with Crippen molar-refractivity contribution in [1.82, 2.24) is 15.2 Å². The van der Waals surface area contributed by atoms with Crippen LogP contribution in [-0.4, -0.2) is 41.7 Å². The number of carbonyl (C=O) groups is 1. The predicted octanol–water partition coefficient (Wildman–Crippen LogP) is 3.50. The van der Waals surface area contributed by atoms with E-state index in [9.17, 15) is 4.79 Å². The zero-order valence-corrected chi connectivity index (χ0v) is 15.6. The number of aromatic nitrogens is 1. The molecular weight excluding hydrogens is 338 g/mol. The Bertz CT molecular complexity index is 741. The maximum absolute atomic E-state index is 13.0. The summed E-state index contributed by atoms with van der Waals surface area (Å²) in [6.07, 6.45) is 7.65. The zero-order valence-electron chi connectivity index (χ0n) is 15.6. The minimum Gasteiger partial charge on any atom is -0.381 e. The van der Waals surface area contributed by atoms with E-state index in [2.05, 4.69) is 34.6 Å². The third kappa shape index (κ3) is 4.30. The van der Waals surface area contributed by atoms with Crippen LogP contribution in [0.4, 0.5) is 4.79 Å². The summed E-state index contributed by atoms with van der Waals surface area (Å²) in [4.78, 5) is 19.2. The highest BCUT2D eigenvalue weighted by Crippen LogP contribution is 2.34. The summed E-state index contributed by atoms with van der Waals surface area (Å²) in [5, 5.41) is 3.24. The number of hydrogen-bond donors (Lipinski definition) is 1. The van der Waals surface area contributed by atoms with Gasteiger partial charge in [0, 0.05) is 50.2 Å². The first-order chi connectivity index (χ1) is 13.3. The Balaban J connectivity index is 1.45. The van der Waals surface area contributed by atoms with Crippen molar-refractivity contribution < 1.29 is 9.53 Å². The first-order valence-corrected chi connectivity index (χ1v) is 9.83. The fourth-order valence-electron chi connectivity index (χ4n) is 3.91. The van der Waals surface area contributed by atoms with E-state index in [1.807, 2.05) is 29.3 Å². The molecule has 2 aromatic rings. The molecular formula is C22H27N3O2. The number of amides is 2. The third-order valence-electron chi connectivity index (χ3n) is 5.74. The van der Waals surface area contributed by atoms with Crippen LogP contribution in [-0.2, 0) is 16.7 Å². The number of benzene rings is 1. The molecule has 2 heterocycles. The Morgan fingerprint density at radius 2 is 1.93 bits per heavy atom. The van der Waals surface area contributed by atoms with Gasteiger partial charge in [-0.05, 0) is 42.9 Å². The number of urea groups is 1. The van der Waals surface area contributed by atoms with Crippen molar-refractivity contribution >= 4 is 6.03 Å². The smallest absolute Gasteiger partial charge is 0.317 e. The molecule has 0 bridgehead atoms. The number of hydrogen-bond acceptors (Lipinski definition) is 3. The predicted molar refractivity (Wildman–Crippen MR) is 104 cm³/mol. The number of ether oxygens (including phenoxy) is 1. The van der Waals surface area contributed by atoms with Crippen LogP contribution in [0, 0.1) is 0 Å². The molecule has 1 aromatic carbocycles. The Kier molecular flexibility index (Phi) is 5.39. The lowest BCUT2D eigenvalue weighted by molar-refractivity contribution is 0.0500. The molecule has 0 atom stereocenters. The molecule has 0 radical (unpaired) electrons. The van der Waals surface area contributed by atoms with Gasteiger partial charge in [-0.25, -0.2) is 4.79 Å². The van der Waals surface area contributed by atoms with Crippen molar-refractivity contribution in [3.8, 4) is 0 Å². The second kappa shape index (κ2) is 8.09. The van der Waals surface area contributed by atoms with E-state index in [0.717, 1.165) is 44.5 Å². The summed E-state index contributed by atoms with van der Waals surface area (Å²) in [5.74, 6) is 0. The average Bonchev–Trinajstić information content (AvgIpc) is 3.58. The second-order valence-corrected chi connectivity index (χ2v) is 7.64. The van der Waals surface area contributed by atoms with Gasteiger partial charge in [-0.2, -0.15) is 0 Å². The van der Waals surface area contributed by atoms with Gasteiger partial charge in [-0.3, -0.25) is 4.98 Å². The Hall–Kier alpha value is -2.40. The van der Waals surface area contributed by atoms with Gasteiger partial charge in [0.25, 0.3) is 0 Å². The molecule has 2 aliphatic rings. The van der Waals surface area contributed by atoms with Crippen LogP contribution >= 0.6 is 0 Å². The summed E-state index contributed by atoms with van der Waals surface area (Å²) in [6.45, 7) is 2.75. The van der Waals surface area contributed by atoms with Crippen molar-refractivity contribution in [2.45, 2.75) is 43.7 Å². The highest BCUT2D eigenvalue weighted by Gasteiger charge is 2.37. The lowest BCUT2D eigenvalue weighted by Crippen LogP contribution is -2.49. The number of nitrogens with zero attached hydrogens (tertiary/aromatic N) is 2. The van der Waals surface area contributed by atoms with Gasteiger partial charge in [0.2, 0.25) is 0 Å². The lowest BCUT2D eigenvalue weighted by Gasteiger charge is -2.38. The van der Waals surface area contributed by atoms with E-state index >= 15 is 0 Å². The summed E-state index contributed by atoms with van der Waals surface area (Å²) in [6, 6.07) is 14.9. The molecule has 1 saturated carbocycles. The summed E-state index contributed by atoms with van der Waals surface area (Å²) < 4.78 is 5.60. The molecule has 2 fully saturated rings. The second-order valence-electron chi connectivity index (χ2n) is 7.64. The van der Waals surface area contributed by atoms with Crippen LogP contribution in [0.5, 0.6) is 0 Å².